The van der Waals surface area contributed by atoms with E-state index in [-0.39, 0.29) is 23.1 Å². The molecule has 1 amide bonds. The normalized spacial score (nSPS) is 21.4. The first-order chi connectivity index (χ1) is 10.5. The zero-order valence-corrected chi connectivity index (χ0v) is 14.5. The van der Waals surface area contributed by atoms with E-state index in [0.717, 1.165) is 24.1 Å². The van der Waals surface area contributed by atoms with Gasteiger partial charge in [0.25, 0.3) is 11.5 Å². The van der Waals surface area contributed by atoms with Crippen molar-refractivity contribution in [1.82, 2.24) is 14.3 Å². The van der Waals surface area contributed by atoms with E-state index in [9.17, 15) is 9.59 Å². The summed E-state index contributed by atoms with van der Waals surface area (Å²) in [5.74, 6) is -0.220. The molecule has 0 bridgehead atoms. The number of nitrogens with zero attached hydrogens (tertiary/aromatic N) is 3. The number of thioether (sulfide) groups is 1. The van der Waals surface area contributed by atoms with Crippen molar-refractivity contribution in [2.75, 3.05) is 13.3 Å². The first-order valence-corrected chi connectivity index (χ1v) is 9.39. The lowest BCUT2D eigenvalue weighted by Gasteiger charge is -2.24. The summed E-state index contributed by atoms with van der Waals surface area (Å²) in [7, 11) is 1.79. The molecule has 0 spiro atoms. The van der Waals surface area contributed by atoms with Crippen molar-refractivity contribution in [3.63, 3.8) is 0 Å². The number of hydrogen-bond acceptors (Lipinski definition) is 5. The van der Waals surface area contributed by atoms with Gasteiger partial charge >= 0.3 is 0 Å². The molecule has 118 valence electrons. The van der Waals surface area contributed by atoms with Crippen LogP contribution in [-0.2, 0) is 0 Å². The zero-order chi connectivity index (χ0) is 15.9. The molecule has 0 unspecified atom stereocenters. The Balaban J connectivity index is 1.89. The van der Waals surface area contributed by atoms with Crippen LogP contribution in [0.2, 0.25) is 0 Å². The van der Waals surface area contributed by atoms with E-state index >= 15 is 0 Å². The van der Waals surface area contributed by atoms with Gasteiger partial charge in [0.15, 0.2) is 4.96 Å². The lowest BCUT2D eigenvalue weighted by atomic mass is 10.2. The zero-order valence-electron chi connectivity index (χ0n) is 12.9. The van der Waals surface area contributed by atoms with Gasteiger partial charge in [0, 0.05) is 35.6 Å². The van der Waals surface area contributed by atoms with E-state index in [4.69, 9.17) is 0 Å². The fourth-order valence-corrected chi connectivity index (χ4v) is 4.55. The van der Waals surface area contributed by atoms with Gasteiger partial charge in [-0.25, -0.2) is 4.98 Å². The molecule has 2 aromatic heterocycles. The van der Waals surface area contributed by atoms with Crippen LogP contribution in [0.5, 0.6) is 0 Å². The summed E-state index contributed by atoms with van der Waals surface area (Å²) in [5.41, 5.74) is -0.115. The summed E-state index contributed by atoms with van der Waals surface area (Å²) >= 11 is 3.30. The molecule has 7 heteroatoms. The van der Waals surface area contributed by atoms with Crippen LogP contribution < -0.4 is 5.56 Å². The van der Waals surface area contributed by atoms with E-state index in [2.05, 4.69) is 11.2 Å². The van der Waals surface area contributed by atoms with Crippen LogP contribution in [0.25, 0.3) is 4.96 Å². The molecular formula is C15H19N3O2S2. The molecule has 1 fully saturated rings. The summed E-state index contributed by atoms with van der Waals surface area (Å²) in [6, 6.07) is 0.217. The molecule has 1 aliphatic carbocycles. The maximum Gasteiger partial charge on any atom is 0.271 e. The van der Waals surface area contributed by atoms with E-state index in [1.807, 2.05) is 18.7 Å². The summed E-state index contributed by atoms with van der Waals surface area (Å²) in [6.07, 6.45) is 8.40. The Morgan fingerprint density at radius 3 is 2.95 bits per heavy atom. The number of aromatic nitrogens is 2. The van der Waals surface area contributed by atoms with Crippen LogP contribution in [-0.4, -0.2) is 44.8 Å². The first-order valence-electron chi connectivity index (χ1n) is 7.29. The fourth-order valence-electron chi connectivity index (χ4n) is 2.98. The Bertz CT molecular complexity index is 768. The second-order valence-electron chi connectivity index (χ2n) is 5.71. The molecule has 3 rings (SSSR count). The van der Waals surface area contributed by atoms with E-state index in [1.54, 1.807) is 18.1 Å². The summed E-state index contributed by atoms with van der Waals surface area (Å²) < 4.78 is 1.47. The lowest BCUT2D eigenvalue weighted by molar-refractivity contribution is 0.0733. The topological polar surface area (TPSA) is 54.7 Å². The van der Waals surface area contributed by atoms with Crippen molar-refractivity contribution in [3.05, 3.63) is 33.2 Å². The number of rotatable bonds is 3. The predicted octanol–water partition coefficient (Wildman–Crippen LogP) is 2.42. The number of hydrogen-bond donors (Lipinski definition) is 0. The van der Waals surface area contributed by atoms with Crippen molar-refractivity contribution in [3.8, 4) is 0 Å². The number of amides is 1. The fraction of sp³-hybridized carbons (Fsp3) is 0.533. The number of carbonyl (C=O) groups excluding carboxylic acids is 1. The molecule has 2 aromatic rings. The van der Waals surface area contributed by atoms with Gasteiger partial charge in [0.2, 0.25) is 0 Å². The van der Waals surface area contributed by atoms with Crippen molar-refractivity contribution in [1.29, 1.82) is 0 Å². The highest BCUT2D eigenvalue weighted by molar-refractivity contribution is 7.99. The lowest BCUT2D eigenvalue weighted by Crippen LogP contribution is -2.39. The SMILES string of the molecule is CS[C@H]1CC[C@H](N(C)C(=O)c2cnc3sc(C)cn3c2=O)C1. The quantitative estimate of drug-likeness (QED) is 0.863. The van der Waals surface area contributed by atoms with Crippen LogP contribution in [0.1, 0.15) is 34.5 Å². The molecule has 22 heavy (non-hydrogen) atoms. The predicted molar refractivity (Wildman–Crippen MR) is 91.1 cm³/mol. The van der Waals surface area contributed by atoms with Crippen LogP contribution in [0, 0.1) is 6.92 Å². The van der Waals surface area contributed by atoms with Crippen LogP contribution in [0.15, 0.2) is 17.2 Å². The maximum absolute atomic E-state index is 12.7. The van der Waals surface area contributed by atoms with Crippen LogP contribution in [0.4, 0.5) is 0 Å². The number of thiazole rings is 1. The molecule has 2 atom stereocenters. The third kappa shape index (κ3) is 2.67. The molecule has 0 N–H and O–H groups in total. The van der Waals surface area contributed by atoms with Gasteiger partial charge in [-0.05, 0) is 32.4 Å². The molecule has 1 aliphatic rings. The minimum atomic E-state index is -0.273. The number of carbonyl (C=O) groups is 1. The van der Waals surface area contributed by atoms with E-state index < -0.39 is 0 Å². The van der Waals surface area contributed by atoms with E-state index in [0.29, 0.717) is 10.2 Å². The molecule has 1 saturated carbocycles. The Kier molecular flexibility index (Phi) is 4.27. The molecule has 5 nitrogen and oxygen atoms in total. The second kappa shape index (κ2) is 6.04. The highest BCUT2D eigenvalue weighted by Gasteiger charge is 2.31. The largest absolute Gasteiger partial charge is 0.338 e. The van der Waals surface area contributed by atoms with E-state index in [1.165, 1.54) is 21.9 Å². The molecule has 2 heterocycles. The molecule has 0 aromatic carbocycles. The van der Waals surface area contributed by atoms with Gasteiger partial charge in [-0.1, -0.05) is 0 Å². The summed E-state index contributed by atoms with van der Waals surface area (Å²) in [6.45, 7) is 1.92. The van der Waals surface area contributed by atoms with Gasteiger partial charge in [-0.2, -0.15) is 11.8 Å². The standard InChI is InChI=1S/C15H19N3O2S2/c1-9-8-18-14(20)12(7-16-15(18)22-9)13(19)17(2)10-4-5-11(6-10)21-3/h7-8,10-11H,4-6H2,1-3H3/t10-,11-/m0/s1. The van der Waals surface area contributed by atoms with Gasteiger partial charge in [0.05, 0.1) is 0 Å². The summed E-state index contributed by atoms with van der Waals surface area (Å²) in [4.78, 5) is 32.8. The molecule has 0 aliphatic heterocycles. The summed E-state index contributed by atoms with van der Waals surface area (Å²) in [5, 5.41) is 0.612. The van der Waals surface area contributed by atoms with Crippen LogP contribution >= 0.6 is 23.1 Å². The highest BCUT2D eigenvalue weighted by Crippen LogP contribution is 2.31. The van der Waals surface area contributed by atoms with Gasteiger partial charge < -0.3 is 4.90 Å². The number of aryl methyl sites for hydroxylation is 1. The van der Waals surface area contributed by atoms with Crippen molar-refractivity contribution >= 4 is 34.0 Å². The Hall–Kier alpha value is -1.34. The second-order valence-corrected chi connectivity index (χ2v) is 8.06. The minimum absolute atomic E-state index is 0.158. The maximum atomic E-state index is 12.7. The Labute approximate surface area is 137 Å². The molecular weight excluding hydrogens is 318 g/mol. The first kappa shape index (κ1) is 15.6. The van der Waals surface area contributed by atoms with Gasteiger partial charge in [-0.15, -0.1) is 11.3 Å². The average Bonchev–Trinajstić information content (AvgIpc) is 3.12. The monoisotopic (exact) mass is 337 g/mol. The average molecular weight is 337 g/mol. The number of fused-ring (bicyclic) bond motifs is 1. The third-order valence-electron chi connectivity index (χ3n) is 4.31. The van der Waals surface area contributed by atoms with Crippen molar-refractivity contribution < 1.29 is 4.79 Å². The Morgan fingerprint density at radius 1 is 1.50 bits per heavy atom. The smallest absolute Gasteiger partial charge is 0.271 e. The Morgan fingerprint density at radius 2 is 2.27 bits per heavy atom. The third-order valence-corrected chi connectivity index (χ3v) is 6.32. The van der Waals surface area contributed by atoms with Crippen LogP contribution in [0.3, 0.4) is 0 Å². The minimum Gasteiger partial charge on any atom is -0.338 e. The van der Waals surface area contributed by atoms with Crippen molar-refractivity contribution in [2.45, 2.75) is 37.5 Å². The molecule has 0 saturated heterocycles. The molecule has 0 radical (unpaired) electrons. The van der Waals surface area contributed by atoms with Crippen molar-refractivity contribution in [2.24, 2.45) is 0 Å². The van der Waals surface area contributed by atoms with Gasteiger partial charge in [0.1, 0.15) is 5.56 Å². The van der Waals surface area contributed by atoms with Gasteiger partial charge in [-0.3, -0.25) is 14.0 Å². The highest BCUT2D eigenvalue weighted by atomic mass is 32.2.